The van der Waals surface area contributed by atoms with E-state index in [0.29, 0.717) is 12.1 Å². The Labute approximate surface area is 167 Å². The summed E-state index contributed by atoms with van der Waals surface area (Å²) in [6.45, 7) is 2.51. The first-order valence-corrected chi connectivity index (χ1v) is 10.3. The topological polar surface area (TPSA) is 35.7 Å². The zero-order chi connectivity index (χ0) is 19.9. The quantitative estimate of drug-likeness (QED) is 0.778. The van der Waals surface area contributed by atoms with Gasteiger partial charge < -0.3 is 9.84 Å². The SMILES string of the molecule is Cc1ccc(C)c(N2C3=[N+](CCCS3)C[C@@]2(O)c2ccc(OC(F)F)cc2)c1. The number of hydrogen-bond acceptors (Lipinski definition) is 4. The first-order chi connectivity index (χ1) is 13.4. The van der Waals surface area contributed by atoms with Gasteiger partial charge in [-0.05, 0) is 73.5 Å². The molecule has 4 nitrogen and oxygen atoms in total. The molecule has 0 unspecified atom stereocenters. The van der Waals surface area contributed by atoms with Gasteiger partial charge in [-0.15, -0.1) is 0 Å². The molecule has 2 aromatic carbocycles. The number of nitrogens with zero attached hydrogens (tertiary/aromatic N) is 2. The molecule has 28 heavy (non-hydrogen) atoms. The number of anilines is 1. The van der Waals surface area contributed by atoms with Crippen LogP contribution in [-0.4, -0.2) is 40.3 Å². The number of hydrogen-bond donors (Lipinski definition) is 1. The number of alkyl halides is 2. The summed E-state index contributed by atoms with van der Waals surface area (Å²) in [5, 5.41) is 12.9. The molecule has 2 aliphatic rings. The Morgan fingerprint density at radius 2 is 1.93 bits per heavy atom. The van der Waals surface area contributed by atoms with Gasteiger partial charge in [-0.2, -0.15) is 13.7 Å². The molecule has 1 atom stereocenters. The zero-order valence-electron chi connectivity index (χ0n) is 15.9. The van der Waals surface area contributed by atoms with Crippen LogP contribution in [0.15, 0.2) is 42.5 Å². The molecule has 0 aromatic heterocycles. The Balaban J connectivity index is 1.79. The molecule has 2 aromatic rings. The van der Waals surface area contributed by atoms with Gasteiger partial charge in [-0.25, -0.2) is 4.58 Å². The van der Waals surface area contributed by atoms with E-state index in [1.807, 2.05) is 18.7 Å². The van der Waals surface area contributed by atoms with Crippen molar-refractivity contribution in [2.45, 2.75) is 32.6 Å². The van der Waals surface area contributed by atoms with Crippen LogP contribution in [0.25, 0.3) is 0 Å². The van der Waals surface area contributed by atoms with Crippen molar-refractivity contribution >= 4 is 22.6 Å². The Morgan fingerprint density at radius 3 is 2.64 bits per heavy atom. The van der Waals surface area contributed by atoms with Crippen LogP contribution in [-0.2, 0) is 5.72 Å². The number of amidine groups is 1. The lowest BCUT2D eigenvalue weighted by molar-refractivity contribution is -0.532. The summed E-state index contributed by atoms with van der Waals surface area (Å²) in [5.41, 5.74) is 2.51. The van der Waals surface area contributed by atoms with Crippen molar-refractivity contribution in [3.63, 3.8) is 0 Å². The van der Waals surface area contributed by atoms with Crippen LogP contribution in [0, 0.1) is 13.8 Å². The van der Waals surface area contributed by atoms with Gasteiger partial charge in [0.1, 0.15) is 11.4 Å². The fraction of sp³-hybridized carbons (Fsp3) is 0.381. The second kappa shape index (κ2) is 7.37. The maximum absolute atomic E-state index is 12.5. The molecule has 7 heteroatoms. The highest BCUT2D eigenvalue weighted by Crippen LogP contribution is 2.41. The number of aryl methyl sites for hydroxylation is 2. The minimum Gasteiger partial charge on any atom is -0.435 e. The van der Waals surface area contributed by atoms with Gasteiger partial charge in [0.25, 0.3) is 5.72 Å². The van der Waals surface area contributed by atoms with E-state index in [1.54, 1.807) is 23.9 Å². The Bertz CT molecular complexity index is 917. The van der Waals surface area contributed by atoms with Crippen molar-refractivity contribution in [1.29, 1.82) is 0 Å². The molecule has 0 fully saturated rings. The summed E-state index contributed by atoms with van der Waals surface area (Å²) in [6, 6.07) is 12.5. The van der Waals surface area contributed by atoms with Gasteiger partial charge in [0.05, 0.1) is 6.54 Å². The monoisotopic (exact) mass is 405 g/mol. The van der Waals surface area contributed by atoms with E-state index in [-0.39, 0.29) is 5.75 Å². The van der Waals surface area contributed by atoms with E-state index in [4.69, 9.17) is 0 Å². The van der Waals surface area contributed by atoms with Gasteiger partial charge >= 0.3 is 11.8 Å². The third-order valence-electron chi connectivity index (χ3n) is 5.19. The minimum absolute atomic E-state index is 0.0818. The largest absolute Gasteiger partial charge is 0.435 e. The molecular formula is C21H23F2N2O2S+. The smallest absolute Gasteiger partial charge is 0.387 e. The average Bonchev–Trinajstić information content (AvgIpc) is 2.97. The number of benzene rings is 2. The Morgan fingerprint density at radius 1 is 1.18 bits per heavy atom. The lowest BCUT2D eigenvalue weighted by Gasteiger charge is -2.29. The highest BCUT2D eigenvalue weighted by atomic mass is 32.2. The lowest BCUT2D eigenvalue weighted by atomic mass is 9.99. The molecule has 0 radical (unpaired) electrons. The van der Waals surface area contributed by atoms with Crippen LogP contribution in [0.1, 0.15) is 23.1 Å². The maximum Gasteiger partial charge on any atom is 0.387 e. The van der Waals surface area contributed by atoms with Crippen LogP contribution in [0.5, 0.6) is 5.75 Å². The lowest BCUT2D eigenvalue weighted by Crippen LogP contribution is -2.47. The number of rotatable bonds is 4. The van der Waals surface area contributed by atoms with Crippen LogP contribution >= 0.6 is 11.8 Å². The number of ether oxygens (including phenoxy) is 1. The van der Waals surface area contributed by atoms with Crippen molar-refractivity contribution in [3.05, 3.63) is 59.2 Å². The van der Waals surface area contributed by atoms with Crippen LogP contribution in [0.3, 0.4) is 0 Å². The predicted molar refractivity (Wildman–Crippen MR) is 107 cm³/mol. The summed E-state index contributed by atoms with van der Waals surface area (Å²) in [6.07, 6.45) is 1.06. The first-order valence-electron chi connectivity index (χ1n) is 9.28. The molecule has 2 heterocycles. The standard InChI is InChI=1S/C21H23F2N2O2S/c1-14-4-5-15(2)18(12-14)25-20-24(10-3-11-28-20)13-21(25,26)16-6-8-17(9-7-16)27-19(22)23/h4-9,12,19,26H,3,10-11,13H2,1-2H3/q+1/t21-/m1/s1. The summed E-state index contributed by atoms with van der Waals surface area (Å²) < 4.78 is 31.6. The molecular weight excluding hydrogens is 382 g/mol. The maximum atomic E-state index is 12.5. The molecule has 1 N–H and O–H groups in total. The molecule has 0 saturated carbocycles. The molecule has 0 spiro atoms. The van der Waals surface area contributed by atoms with Crippen LogP contribution < -0.4 is 9.64 Å². The Hall–Kier alpha value is -2.12. The molecule has 0 saturated heterocycles. The van der Waals surface area contributed by atoms with Crippen molar-refractivity contribution < 1.29 is 23.2 Å². The zero-order valence-corrected chi connectivity index (χ0v) is 16.7. The van der Waals surface area contributed by atoms with Crippen molar-refractivity contribution in [3.8, 4) is 5.75 Å². The van der Waals surface area contributed by atoms with E-state index in [2.05, 4.69) is 27.5 Å². The van der Waals surface area contributed by atoms with Gasteiger partial charge in [-0.3, -0.25) is 0 Å². The van der Waals surface area contributed by atoms with E-state index in [1.165, 1.54) is 12.1 Å². The summed E-state index contributed by atoms with van der Waals surface area (Å²) in [7, 11) is 0. The van der Waals surface area contributed by atoms with E-state index >= 15 is 0 Å². The van der Waals surface area contributed by atoms with Crippen molar-refractivity contribution in [1.82, 2.24) is 0 Å². The fourth-order valence-corrected chi connectivity index (χ4v) is 5.01. The molecule has 0 aliphatic carbocycles. The molecule has 4 rings (SSSR count). The average molecular weight is 405 g/mol. The van der Waals surface area contributed by atoms with E-state index in [9.17, 15) is 13.9 Å². The summed E-state index contributed by atoms with van der Waals surface area (Å²) in [4.78, 5) is 2.00. The number of halogens is 2. The third kappa shape index (κ3) is 3.37. The summed E-state index contributed by atoms with van der Waals surface area (Å²) >= 11 is 1.74. The molecule has 0 bridgehead atoms. The fourth-order valence-electron chi connectivity index (χ4n) is 3.84. The van der Waals surface area contributed by atoms with Crippen LogP contribution in [0.2, 0.25) is 0 Å². The molecule has 2 aliphatic heterocycles. The molecule has 0 amide bonds. The van der Waals surface area contributed by atoms with Crippen molar-refractivity contribution in [2.75, 3.05) is 23.7 Å². The van der Waals surface area contributed by atoms with Gasteiger partial charge in [-0.1, -0.05) is 12.1 Å². The predicted octanol–water partition coefficient (Wildman–Crippen LogP) is 4.08. The first kappa shape index (κ1) is 19.2. The number of aliphatic hydroxyl groups is 1. The van der Waals surface area contributed by atoms with Gasteiger partial charge in [0.15, 0.2) is 6.54 Å². The van der Waals surface area contributed by atoms with Gasteiger partial charge in [0, 0.05) is 11.3 Å². The molecule has 148 valence electrons. The van der Waals surface area contributed by atoms with E-state index in [0.717, 1.165) is 40.7 Å². The second-order valence-corrected chi connectivity index (χ2v) is 8.31. The number of thioether (sulfide) groups is 1. The minimum atomic E-state index is -2.87. The second-order valence-electron chi connectivity index (χ2n) is 7.25. The highest BCUT2D eigenvalue weighted by Gasteiger charge is 2.55. The van der Waals surface area contributed by atoms with E-state index < -0.39 is 12.3 Å². The third-order valence-corrected chi connectivity index (χ3v) is 6.39. The van der Waals surface area contributed by atoms with Crippen molar-refractivity contribution in [2.24, 2.45) is 0 Å². The normalized spacial score (nSPS) is 22.0. The highest BCUT2D eigenvalue weighted by molar-refractivity contribution is 8.14. The summed E-state index contributed by atoms with van der Waals surface area (Å²) in [5.74, 6) is 1.09. The Kier molecular flexibility index (Phi) is 5.05. The van der Waals surface area contributed by atoms with Crippen LogP contribution in [0.4, 0.5) is 14.5 Å². The van der Waals surface area contributed by atoms with Gasteiger partial charge in [0.2, 0.25) is 0 Å².